The Morgan fingerprint density at radius 1 is 1.00 bits per heavy atom. The van der Waals surface area contributed by atoms with Gasteiger partial charge in [0.25, 0.3) is 5.91 Å². The molecule has 0 atom stereocenters. The van der Waals surface area contributed by atoms with E-state index in [9.17, 15) is 4.79 Å². The molecule has 0 saturated carbocycles. The zero-order chi connectivity index (χ0) is 23.4. The molecule has 4 rings (SSSR count). The van der Waals surface area contributed by atoms with Crippen molar-refractivity contribution in [3.05, 3.63) is 58.8 Å². The van der Waals surface area contributed by atoms with Crippen molar-refractivity contribution in [2.75, 3.05) is 25.1 Å². The van der Waals surface area contributed by atoms with Crippen molar-refractivity contribution >= 4 is 23.5 Å². The van der Waals surface area contributed by atoms with Crippen molar-refractivity contribution in [3.63, 3.8) is 0 Å². The Morgan fingerprint density at radius 2 is 1.64 bits per heavy atom. The van der Waals surface area contributed by atoms with E-state index >= 15 is 0 Å². The standard InChI is InChI=1S/C25H29N3O4S/c1-5-30-21-12-17(13-22(31-6-2)23(21)32-7-3)25(29)26-24-19-14-33-15-20(19)27-28(24)18-10-8-16(4)9-11-18/h8-13H,5-7,14-15H2,1-4H3,(H,26,29). The highest BCUT2D eigenvalue weighted by Crippen LogP contribution is 2.40. The number of benzene rings is 2. The lowest BCUT2D eigenvalue weighted by atomic mass is 10.1. The third-order valence-electron chi connectivity index (χ3n) is 5.23. The molecule has 1 aliphatic rings. The fraction of sp³-hybridized carbons (Fsp3) is 0.360. The summed E-state index contributed by atoms with van der Waals surface area (Å²) in [7, 11) is 0. The minimum Gasteiger partial charge on any atom is -0.490 e. The summed E-state index contributed by atoms with van der Waals surface area (Å²) in [6.07, 6.45) is 0. The Morgan fingerprint density at radius 3 is 2.24 bits per heavy atom. The van der Waals surface area contributed by atoms with Crippen LogP contribution in [0.5, 0.6) is 17.2 Å². The van der Waals surface area contributed by atoms with Gasteiger partial charge in [-0.3, -0.25) is 4.79 Å². The normalized spacial score (nSPS) is 12.4. The van der Waals surface area contributed by atoms with E-state index in [1.54, 1.807) is 23.9 Å². The van der Waals surface area contributed by atoms with Crippen molar-refractivity contribution < 1.29 is 19.0 Å². The maximum absolute atomic E-state index is 13.4. The van der Waals surface area contributed by atoms with Crippen molar-refractivity contribution in [3.8, 4) is 22.9 Å². The van der Waals surface area contributed by atoms with E-state index in [0.29, 0.717) is 48.5 Å². The highest BCUT2D eigenvalue weighted by Gasteiger charge is 2.26. The summed E-state index contributed by atoms with van der Waals surface area (Å²) in [4.78, 5) is 13.4. The highest BCUT2D eigenvalue weighted by molar-refractivity contribution is 7.98. The molecule has 174 valence electrons. The highest BCUT2D eigenvalue weighted by atomic mass is 32.2. The molecule has 0 bridgehead atoms. The fourth-order valence-electron chi connectivity index (χ4n) is 3.71. The third-order valence-corrected chi connectivity index (χ3v) is 6.20. The van der Waals surface area contributed by atoms with Gasteiger partial charge in [-0.2, -0.15) is 16.9 Å². The quantitative estimate of drug-likeness (QED) is 0.456. The molecule has 0 radical (unpaired) electrons. The van der Waals surface area contributed by atoms with Gasteiger partial charge < -0.3 is 19.5 Å². The molecular formula is C25H29N3O4S. The van der Waals surface area contributed by atoms with E-state index in [4.69, 9.17) is 19.3 Å². The van der Waals surface area contributed by atoms with Crippen LogP contribution < -0.4 is 19.5 Å². The lowest BCUT2D eigenvalue weighted by Crippen LogP contribution is -2.17. The predicted molar refractivity (Wildman–Crippen MR) is 131 cm³/mol. The number of hydrogen-bond acceptors (Lipinski definition) is 6. The van der Waals surface area contributed by atoms with Gasteiger partial charge in [0.2, 0.25) is 5.75 Å². The molecule has 1 aliphatic heterocycles. The first kappa shape index (κ1) is 23.0. The van der Waals surface area contributed by atoms with Gasteiger partial charge in [-0.1, -0.05) is 17.7 Å². The van der Waals surface area contributed by atoms with E-state index in [1.807, 2.05) is 56.6 Å². The number of ether oxygens (including phenoxy) is 3. The first-order chi connectivity index (χ1) is 16.0. The minimum atomic E-state index is -0.257. The number of nitrogens with one attached hydrogen (secondary N) is 1. The monoisotopic (exact) mass is 467 g/mol. The van der Waals surface area contributed by atoms with Gasteiger partial charge in [0.15, 0.2) is 11.5 Å². The van der Waals surface area contributed by atoms with Crippen LogP contribution in [0.2, 0.25) is 0 Å². The fourth-order valence-corrected chi connectivity index (χ4v) is 4.75. The van der Waals surface area contributed by atoms with Crippen LogP contribution in [0.4, 0.5) is 5.82 Å². The van der Waals surface area contributed by atoms with Gasteiger partial charge in [0, 0.05) is 22.6 Å². The van der Waals surface area contributed by atoms with Gasteiger partial charge in [0.05, 0.1) is 31.2 Å². The van der Waals surface area contributed by atoms with Gasteiger partial charge in [-0.25, -0.2) is 4.68 Å². The SMILES string of the molecule is CCOc1cc(C(=O)Nc2c3c(nn2-c2ccc(C)cc2)CSC3)cc(OCC)c1OCC. The van der Waals surface area contributed by atoms with Crippen molar-refractivity contribution in [1.82, 2.24) is 9.78 Å². The summed E-state index contributed by atoms with van der Waals surface area (Å²) in [5, 5.41) is 7.89. The second-order valence-corrected chi connectivity index (χ2v) is 8.55. The van der Waals surface area contributed by atoms with E-state index in [2.05, 4.69) is 5.32 Å². The number of carbonyl (C=O) groups excluding carboxylic acids is 1. The molecule has 0 spiro atoms. The molecule has 7 nitrogen and oxygen atoms in total. The first-order valence-electron chi connectivity index (χ1n) is 11.2. The maximum Gasteiger partial charge on any atom is 0.257 e. The van der Waals surface area contributed by atoms with Crippen LogP contribution in [0.3, 0.4) is 0 Å². The van der Waals surface area contributed by atoms with E-state index in [-0.39, 0.29) is 5.91 Å². The summed E-state index contributed by atoms with van der Waals surface area (Å²) in [6, 6.07) is 11.5. The average molecular weight is 468 g/mol. The van der Waals surface area contributed by atoms with E-state index < -0.39 is 0 Å². The third kappa shape index (κ3) is 4.80. The number of anilines is 1. The second kappa shape index (κ2) is 10.2. The van der Waals surface area contributed by atoms with Crippen molar-refractivity contribution in [2.24, 2.45) is 0 Å². The van der Waals surface area contributed by atoms with E-state index in [0.717, 1.165) is 28.5 Å². The summed E-state index contributed by atoms with van der Waals surface area (Å²) in [5.41, 5.74) is 4.58. The van der Waals surface area contributed by atoms with Crippen molar-refractivity contribution in [2.45, 2.75) is 39.2 Å². The largest absolute Gasteiger partial charge is 0.490 e. The number of aryl methyl sites for hydroxylation is 1. The molecule has 8 heteroatoms. The lowest BCUT2D eigenvalue weighted by Gasteiger charge is -2.17. The minimum absolute atomic E-state index is 0.257. The summed E-state index contributed by atoms with van der Waals surface area (Å²) in [5.74, 6) is 3.59. The smallest absolute Gasteiger partial charge is 0.257 e. The number of carbonyl (C=O) groups is 1. The van der Waals surface area contributed by atoms with Crippen LogP contribution in [-0.2, 0) is 11.5 Å². The second-order valence-electron chi connectivity index (χ2n) is 7.57. The Kier molecular flexibility index (Phi) is 7.13. The number of rotatable bonds is 9. The molecule has 1 aromatic heterocycles. The Bertz CT molecular complexity index is 1110. The maximum atomic E-state index is 13.4. The molecule has 2 heterocycles. The molecule has 2 aromatic carbocycles. The van der Waals surface area contributed by atoms with Gasteiger partial charge in [-0.05, 0) is 52.0 Å². The van der Waals surface area contributed by atoms with Crippen LogP contribution >= 0.6 is 11.8 Å². The Balaban J connectivity index is 1.72. The van der Waals surface area contributed by atoms with Crippen LogP contribution in [0.25, 0.3) is 5.69 Å². The topological polar surface area (TPSA) is 74.6 Å². The number of hydrogen-bond donors (Lipinski definition) is 1. The van der Waals surface area contributed by atoms with Crippen molar-refractivity contribution in [1.29, 1.82) is 0 Å². The van der Waals surface area contributed by atoms with Gasteiger partial charge >= 0.3 is 0 Å². The number of nitrogens with zero attached hydrogens (tertiary/aromatic N) is 2. The van der Waals surface area contributed by atoms with Crippen LogP contribution in [0.15, 0.2) is 36.4 Å². The van der Waals surface area contributed by atoms with Crippen LogP contribution in [0.1, 0.15) is 48.0 Å². The van der Waals surface area contributed by atoms with Crippen LogP contribution in [0, 0.1) is 6.92 Å². The summed E-state index contributed by atoms with van der Waals surface area (Å²) in [6.45, 7) is 9.09. The molecule has 0 aliphatic carbocycles. The summed E-state index contributed by atoms with van der Waals surface area (Å²) < 4.78 is 19.1. The number of amides is 1. The lowest BCUT2D eigenvalue weighted by molar-refractivity contribution is 0.102. The Hall–Kier alpha value is -3.13. The zero-order valence-electron chi connectivity index (χ0n) is 19.4. The molecule has 0 fully saturated rings. The average Bonchev–Trinajstić information content (AvgIpc) is 3.39. The Labute approximate surface area is 198 Å². The molecule has 0 saturated heterocycles. The molecule has 3 aromatic rings. The first-order valence-corrected chi connectivity index (χ1v) is 12.3. The molecule has 0 unspecified atom stereocenters. The number of thioether (sulfide) groups is 1. The molecule has 1 N–H and O–H groups in total. The van der Waals surface area contributed by atoms with Crippen LogP contribution in [-0.4, -0.2) is 35.5 Å². The molecule has 1 amide bonds. The number of aromatic nitrogens is 2. The summed E-state index contributed by atoms with van der Waals surface area (Å²) >= 11 is 1.79. The zero-order valence-corrected chi connectivity index (χ0v) is 20.3. The predicted octanol–water partition coefficient (Wildman–Crippen LogP) is 5.38. The molecular weight excluding hydrogens is 438 g/mol. The van der Waals surface area contributed by atoms with Gasteiger partial charge in [0.1, 0.15) is 5.82 Å². The van der Waals surface area contributed by atoms with E-state index in [1.165, 1.54) is 5.56 Å². The number of fused-ring (bicyclic) bond motifs is 1. The molecule has 33 heavy (non-hydrogen) atoms. The van der Waals surface area contributed by atoms with Gasteiger partial charge in [-0.15, -0.1) is 0 Å².